The first kappa shape index (κ1) is 19.9. The predicted molar refractivity (Wildman–Crippen MR) is 111 cm³/mol. The van der Waals surface area contributed by atoms with Crippen LogP contribution in [0.25, 0.3) is 11.5 Å². The lowest BCUT2D eigenvalue weighted by atomic mass is 10.2. The van der Waals surface area contributed by atoms with E-state index in [1.165, 1.54) is 5.56 Å². The minimum Gasteiger partial charge on any atom is -0.493 e. The highest BCUT2D eigenvalue weighted by Gasteiger charge is 2.06. The summed E-state index contributed by atoms with van der Waals surface area (Å²) in [5.74, 6) is 1.52. The van der Waals surface area contributed by atoms with E-state index in [4.69, 9.17) is 9.15 Å². The maximum absolute atomic E-state index is 5.73. The highest BCUT2D eigenvalue weighted by atomic mass is 79.9. The molecule has 0 aliphatic rings. The lowest BCUT2D eigenvalue weighted by Crippen LogP contribution is -2.18. The first-order valence-electron chi connectivity index (χ1n) is 7.91. The summed E-state index contributed by atoms with van der Waals surface area (Å²) in [6, 6.07) is 17.9. The number of nitrogens with two attached hydrogens (primary N) is 2. The largest absolute Gasteiger partial charge is 0.493 e. The second-order valence-electron chi connectivity index (χ2n) is 5.29. The van der Waals surface area contributed by atoms with E-state index in [9.17, 15) is 0 Å². The quantitative estimate of drug-likeness (QED) is 0.450. The molecule has 1 aromatic heterocycles. The Kier molecular flexibility index (Phi) is 8.11. The average molecular weight is 434 g/mol. The van der Waals surface area contributed by atoms with Crippen LogP contribution in [0.1, 0.15) is 11.3 Å². The van der Waals surface area contributed by atoms with Crippen molar-refractivity contribution in [2.45, 2.75) is 11.8 Å². The maximum Gasteiger partial charge on any atom is 0.226 e. The van der Waals surface area contributed by atoms with Gasteiger partial charge in [0, 0.05) is 17.3 Å². The van der Waals surface area contributed by atoms with Gasteiger partial charge in [0.05, 0.1) is 12.3 Å². The zero-order chi connectivity index (χ0) is 18.8. The van der Waals surface area contributed by atoms with Crippen LogP contribution in [0.5, 0.6) is 5.75 Å². The molecule has 0 radical (unpaired) electrons. The third kappa shape index (κ3) is 6.85. The highest BCUT2D eigenvalue weighted by molar-refractivity contribution is 9.08. The Morgan fingerprint density at radius 3 is 2.35 bits per heavy atom. The molecule has 0 saturated carbocycles. The number of rotatable bonds is 6. The molecule has 3 rings (SSSR count). The Morgan fingerprint density at radius 2 is 1.73 bits per heavy atom. The molecule has 7 heteroatoms. The van der Waals surface area contributed by atoms with Gasteiger partial charge in [-0.25, -0.2) is 4.98 Å². The van der Waals surface area contributed by atoms with Crippen LogP contribution >= 0.6 is 28.1 Å². The third-order valence-corrected chi connectivity index (χ3v) is 3.92. The van der Waals surface area contributed by atoms with Gasteiger partial charge < -0.3 is 20.6 Å². The summed E-state index contributed by atoms with van der Waals surface area (Å²) >= 11 is 7.52. The Labute approximate surface area is 166 Å². The van der Waals surface area contributed by atoms with Crippen LogP contribution in [0, 0.1) is 0 Å². The molecule has 0 unspecified atom stereocenters. The van der Waals surface area contributed by atoms with E-state index < -0.39 is 0 Å². The summed E-state index contributed by atoms with van der Waals surface area (Å²) in [6.45, 7) is 0.578. The van der Waals surface area contributed by atoms with Gasteiger partial charge in [0.1, 0.15) is 12.0 Å². The van der Waals surface area contributed by atoms with Crippen molar-refractivity contribution in [3.05, 3.63) is 72.1 Å². The zero-order valence-electron chi connectivity index (χ0n) is 14.1. The van der Waals surface area contributed by atoms with Crippen molar-refractivity contribution in [1.29, 1.82) is 0 Å². The fraction of sp³-hybridized carbons (Fsp3) is 0.158. The molecule has 0 fully saturated rings. The summed E-state index contributed by atoms with van der Waals surface area (Å²) in [7, 11) is 0. The Bertz CT molecular complexity index is 803. The molecule has 0 aliphatic heterocycles. The van der Waals surface area contributed by atoms with Crippen LogP contribution in [-0.2, 0) is 11.8 Å². The van der Waals surface area contributed by atoms with Gasteiger partial charge in [-0.1, -0.05) is 46.3 Å². The van der Waals surface area contributed by atoms with Crippen molar-refractivity contribution < 1.29 is 9.15 Å². The molecular formula is C19H20BrN3O2S. The summed E-state index contributed by atoms with van der Waals surface area (Å²) in [6.07, 6.45) is 2.41. The molecule has 0 amide bonds. The van der Waals surface area contributed by atoms with Crippen LogP contribution < -0.4 is 16.2 Å². The molecule has 1 heterocycles. The number of alkyl halides is 1. The number of hydrogen-bond donors (Lipinski definition) is 2. The van der Waals surface area contributed by atoms with Gasteiger partial charge in [-0.2, -0.15) is 0 Å². The van der Waals surface area contributed by atoms with E-state index in [-0.39, 0.29) is 5.11 Å². The van der Waals surface area contributed by atoms with Crippen molar-refractivity contribution in [1.82, 2.24) is 4.98 Å². The molecule has 0 saturated heterocycles. The molecule has 136 valence electrons. The standard InChI is InChI=1S/C18H16BrNO2.CH4N2S/c19-12-14-6-8-17(9-7-14)21-11-10-16-13-22-18(20-16)15-4-2-1-3-5-15;2-1(3)4/h1-9,13H,10-12H2;(H4,2,3,4). The summed E-state index contributed by atoms with van der Waals surface area (Å²) in [5, 5.41) is 0.856. The van der Waals surface area contributed by atoms with Gasteiger partial charge in [0.2, 0.25) is 5.89 Å². The number of oxazole rings is 1. The van der Waals surface area contributed by atoms with E-state index >= 15 is 0 Å². The van der Waals surface area contributed by atoms with Crippen molar-refractivity contribution in [2.75, 3.05) is 6.61 Å². The van der Waals surface area contributed by atoms with Gasteiger partial charge in [-0.05, 0) is 42.0 Å². The number of halogens is 1. The molecule has 2 aromatic carbocycles. The third-order valence-electron chi connectivity index (χ3n) is 3.28. The summed E-state index contributed by atoms with van der Waals surface area (Å²) in [4.78, 5) is 4.49. The first-order valence-corrected chi connectivity index (χ1v) is 9.44. The Morgan fingerprint density at radius 1 is 1.08 bits per heavy atom. The van der Waals surface area contributed by atoms with Gasteiger partial charge in [-0.15, -0.1) is 0 Å². The van der Waals surface area contributed by atoms with Crippen LogP contribution in [0.3, 0.4) is 0 Å². The van der Waals surface area contributed by atoms with Crippen molar-refractivity contribution in [3.8, 4) is 17.2 Å². The Balaban J connectivity index is 0.000000552. The lowest BCUT2D eigenvalue weighted by molar-refractivity contribution is 0.320. The topological polar surface area (TPSA) is 87.3 Å². The second kappa shape index (κ2) is 10.6. The molecule has 0 spiro atoms. The fourth-order valence-electron chi connectivity index (χ4n) is 2.08. The van der Waals surface area contributed by atoms with Crippen molar-refractivity contribution in [3.63, 3.8) is 0 Å². The monoisotopic (exact) mass is 433 g/mol. The maximum atomic E-state index is 5.73. The number of nitrogens with zero attached hydrogens (tertiary/aromatic N) is 1. The fourth-order valence-corrected chi connectivity index (χ4v) is 2.46. The van der Waals surface area contributed by atoms with Gasteiger partial charge in [0.15, 0.2) is 5.11 Å². The molecule has 4 N–H and O–H groups in total. The molecule has 0 bridgehead atoms. The van der Waals surface area contributed by atoms with Crippen molar-refractivity contribution in [2.24, 2.45) is 11.5 Å². The minimum atomic E-state index is 0.000000000000000222. The van der Waals surface area contributed by atoms with Gasteiger partial charge in [-0.3, -0.25) is 0 Å². The number of hydrogen-bond acceptors (Lipinski definition) is 4. The minimum absolute atomic E-state index is 0.000000000000000222. The van der Waals surface area contributed by atoms with E-state index in [1.807, 2.05) is 54.6 Å². The SMILES string of the molecule is BrCc1ccc(OCCc2coc(-c3ccccc3)n2)cc1.NC(N)=S. The summed E-state index contributed by atoms with van der Waals surface area (Å²) < 4.78 is 11.2. The predicted octanol–water partition coefficient (Wildman–Crippen LogP) is 4.05. The molecule has 26 heavy (non-hydrogen) atoms. The average Bonchev–Trinajstić information content (AvgIpc) is 3.11. The van der Waals surface area contributed by atoms with Gasteiger partial charge in [0.25, 0.3) is 0 Å². The smallest absolute Gasteiger partial charge is 0.226 e. The number of benzene rings is 2. The van der Waals surface area contributed by atoms with Crippen LogP contribution in [-0.4, -0.2) is 16.7 Å². The molecule has 0 aliphatic carbocycles. The second-order valence-corrected chi connectivity index (χ2v) is 6.32. The lowest BCUT2D eigenvalue weighted by Gasteiger charge is -2.05. The zero-order valence-corrected chi connectivity index (χ0v) is 16.5. The van der Waals surface area contributed by atoms with E-state index in [2.05, 4.69) is 44.6 Å². The van der Waals surface area contributed by atoms with Crippen LogP contribution in [0.15, 0.2) is 65.3 Å². The Hall–Kier alpha value is -2.38. The number of thiocarbonyl (C=S) groups is 1. The number of ether oxygens (including phenoxy) is 1. The molecular weight excluding hydrogens is 414 g/mol. The highest BCUT2D eigenvalue weighted by Crippen LogP contribution is 2.18. The van der Waals surface area contributed by atoms with Crippen LogP contribution in [0.4, 0.5) is 0 Å². The van der Waals surface area contributed by atoms with Crippen LogP contribution in [0.2, 0.25) is 0 Å². The van der Waals surface area contributed by atoms with E-state index in [1.54, 1.807) is 6.26 Å². The van der Waals surface area contributed by atoms with Crippen molar-refractivity contribution >= 4 is 33.3 Å². The van der Waals surface area contributed by atoms with E-state index in [0.717, 1.165) is 28.8 Å². The van der Waals surface area contributed by atoms with Gasteiger partial charge >= 0.3 is 0 Å². The molecule has 3 aromatic rings. The molecule has 0 atom stereocenters. The summed E-state index contributed by atoms with van der Waals surface area (Å²) in [5.41, 5.74) is 12.4. The first-order chi connectivity index (χ1) is 12.6. The van der Waals surface area contributed by atoms with E-state index in [0.29, 0.717) is 12.5 Å². The molecule has 5 nitrogen and oxygen atoms in total. The normalized spacial score (nSPS) is 9.88. The number of aromatic nitrogens is 1.